The van der Waals surface area contributed by atoms with E-state index in [9.17, 15) is 5.11 Å². The molecule has 0 aliphatic carbocycles. The number of aliphatic hydroxyl groups excluding tert-OH is 1. The highest BCUT2D eigenvalue weighted by molar-refractivity contribution is 7.71. The van der Waals surface area contributed by atoms with Crippen molar-refractivity contribution in [1.29, 1.82) is 0 Å². The van der Waals surface area contributed by atoms with Gasteiger partial charge in [-0.2, -0.15) is 0 Å². The molecule has 0 aliphatic heterocycles. The van der Waals surface area contributed by atoms with Gasteiger partial charge in [-0.15, -0.1) is 0 Å². The molecule has 1 heterocycles. The topological polar surface area (TPSA) is 61.2 Å². The van der Waals surface area contributed by atoms with Gasteiger partial charge in [0, 0.05) is 18.4 Å². The van der Waals surface area contributed by atoms with Crippen LogP contribution in [0.5, 0.6) is 0 Å². The number of aliphatic hydroxyl groups is 1. The van der Waals surface area contributed by atoms with Crippen LogP contribution in [0, 0.1) is 4.84 Å². The Hall–Kier alpha value is -1.59. The Bertz CT molecular complexity index is 625. The standard InChI is InChI=1S/C15H20N2O2S/c1-15(2,3)10-6-4-5-7-11(10)16-8-12(18)13-9-17-14(20)19-13/h4-7,9,12,16,18H,8H2,1-3H3,(H,17,20). The summed E-state index contributed by atoms with van der Waals surface area (Å²) >= 11 is 4.85. The van der Waals surface area contributed by atoms with Crippen LogP contribution in [-0.2, 0) is 5.41 Å². The summed E-state index contributed by atoms with van der Waals surface area (Å²) < 4.78 is 5.20. The van der Waals surface area contributed by atoms with E-state index in [1.165, 1.54) is 5.56 Å². The molecule has 5 heteroatoms. The highest BCUT2D eigenvalue weighted by Gasteiger charge is 2.18. The van der Waals surface area contributed by atoms with Gasteiger partial charge in [-0.1, -0.05) is 39.0 Å². The zero-order valence-corrected chi connectivity index (χ0v) is 12.8. The van der Waals surface area contributed by atoms with Gasteiger partial charge in [-0.05, 0) is 29.3 Å². The number of benzene rings is 1. The highest BCUT2D eigenvalue weighted by atomic mass is 32.1. The van der Waals surface area contributed by atoms with Gasteiger partial charge >= 0.3 is 0 Å². The molecule has 0 amide bonds. The second-order valence-electron chi connectivity index (χ2n) is 5.77. The Morgan fingerprint density at radius 1 is 1.35 bits per heavy atom. The molecule has 2 rings (SSSR count). The van der Waals surface area contributed by atoms with Crippen LogP contribution in [0.2, 0.25) is 0 Å². The fraction of sp³-hybridized carbons (Fsp3) is 0.400. The van der Waals surface area contributed by atoms with E-state index in [1.54, 1.807) is 6.20 Å². The molecule has 0 saturated heterocycles. The summed E-state index contributed by atoms with van der Waals surface area (Å²) in [5.41, 5.74) is 2.27. The van der Waals surface area contributed by atoms with Crippen LogP contribution in [0.1, 0.15) is 38.2 Å². The molecule has 0 radical (unpaired) electrons. The van der Waals surface area contributed by atoms with Gasteiger partial charge in [0.2, 0.25) is 0 Å². The second-order valence-corrected chi connectivity index (χ2v) is 6.14. The van der Waals surface area contributed by atoms with Crippen molar-refractivity contribution < 1.29 is 9.52 Å². The first-order valence-corrected chi connectivity index (χ1v) is 6.98. The van der Waals surface area contributed by atoms with E-state index in [1.807, 2.05) is 18.2 Å². The lowest BCUT2D eigenvalue weighted by molar-refractivity contribution is 0.161. The normalized spacial score (nSPS) is 13.2. The molecule has 3 N–H and O–H groups in total. The largest absolute Gasteiger partial charge is 0.432 e. The van der Waals surface area contributed by atoms with Crippen molar-refractivity contribution in [2.24, 2.45) is 0 Å². The summed E-state index contributed by atoms with van der Waals surface area (Å²) in [6, 6.07) is 8.11. The number of hydrogen-bond acceptors (Lipinski definition) is 4. The molecule has 0 spiro atoms. The van der Waals surface area contributed by atoms with Crippen molar-refractivity contribution in [1.82, 2.24) is 4.98 Å². The van der Waals surface area contributed by atoms with E-state index >= 15 is 0 Å². The molecular formula is C15H20N2O2S. The number of para-hydroxylation sites is 1. The molecule has 20 heavy (non-hydrogen) atoms. The van der Waals surface area contributed by atoms with Gasteiger partial charge < -0.3 is 19.8 Å². The molecule has 1 unspecified atom stereocenters. The number of aromatic nitrogens is 1. The summed E-state index contributed by atoms with van der Waals surface area (Å²) in [7, 11) is 0. The van der Waals surface area contributed by atoms with E-state index in [0.717, 1.165) is 5.69 Å². The Balaban J connectivity index is 2.10. The molecule has 1 aromatic heterocycles. The van der Waals surface area contributed by atoms with Crippen LogP contribution in [0.4, 0.5) is 5.69 Å². The minimum atomic E-state index is -0.740. The van der Waals surface area contributed by atoms with Crippen LogP contribution < -0.4 is 5.32 Å². The maximum absolute atomic E-state index is 10.1. The van der Waals surface area contributed by atoms with Gasteiger partial charge in [-0.25, -0.2) is 0 Å². The number of hydrogen-bond donors (Lipinski definition) is 3. The highest BCUT2D eigenvalue weighted by Crippen LogP contribution is 2.29. The zero-order chi connectivity index (χ0) is 14.8. The van der Waals surface area contributed by atoms with Crippen LogP contribution in [-0.4, -0.2) is 16.6 Å². The molecule has 0 aliphatic rings. The molecule has 2 aromatic rings. The lowest BCUT2D eigenvalue weighted by Gasteiger charge is -2.24. The lowest BCUT2D eigenvalue weighted by Crippen LogP contribution is -2.17. The monoisotopic (exact) mass is 292 g/mol. The van der Waals surface area contributed by atoms with Crippen LogP contribution in [0.3, 0.4) is 0 Å². The van der Waals surface area contributed by atoms with Crippen molar-refractivity contribution in [3.8, 4) is 0 Å². The maximum Gasteiger partial charge on any atom is 0.266 e. The first kappa shape index (κ1) is 14.8. The summed E-state index contributed by atoms with van der Waals surface area (Å²) in [5.74, 6) is 0.440. The first-order valence-electron chi connectivity index (χ1n) is 6.58. The number of aromatic amines is 1. The van der Waals surface area contributed by atoms with Crippen LogP contribution >= 0.6 is 12.2 Å². The summed E-state index contributed by atoms with van der Waals surface area (Å²) in [5, 5.41) is 13.3. The molecular weight excluding hydrogens is 272 g/mol. The van der Waals surface area contributed by atoms with Crippen molar-refractivity contribution in [3.05, 3.63) is 46.6 Å². The Morgan fingerprint density at radius 2 is 2.05 bits per heavy atom. The number of rotatable bonds is 4. The van der Waals surface area contributed by atoms with E-state index in [4.69, 9.17) is 16.6 Å². The third kappa shape index (κ3) is 3.49. The number of H-pyrrole nitrogens is 1. The van der Waals surface area contributed by atoms with Crippen LogP contribution in [0.25, 0.3) is 0 Å². The summed E-state index contributed by atoms with van der Waals surface area (Å²) in [4.78, 5) is 3.02. The summed E-state index contributed by atoms with van der Waals surface area (Å²) in [6.07, 6.45) is 0.848. The van der Waals surface area contributed by atoms with Crippen molar-refractivity contribution >= 4 is 17.9 Å². The van der Waals surface area contributed by atoms with E-state index < -0.39 is 6.10 Å². The predicted octanol–water partition coefficient (Wildman–Crippen LogP) is 3.78. The SMILES string of the molecule is CC(C)(C)c1ccccc1NCC(O)c1c[nH]c(=S)o1. The van der Waals surface area contributed by atoms with Crippen molar-refractivity contribution in [2.75, 3.05) is 11.9 Å². The Kier molecular flexibility index (Phi) is 4.30. The Morgan fingerprint density at radius 3 is 2.65 bits per heavy atom. The van der Waals surface area contributed by atoms with Gasteiger partial charge in [0.25, 0.3) is 4.84 Å². The number of nitrogens with one attached hydrogen (secondary N) is 2. The minimum Gasteiger partial charge on any atom is -0.432 e. The fourth-order valence-corrected chi connectivity index (χ4v) is 2.21. The number of oxazole rings is 1. The quantitative estimate of drug-likeness (QED) is 0.751. The Labute approximate surface area is 123 Å². The molecule has 0 fully saturated rings. The fourth-order valence-electron chi connectivity index (χ4n) is 2.06. The molecule has 1 atom stereocenters. The van der Waals surface area contributed by atoms with Gasteiger partial charge in [0.05, 0.1) is 0 Å². The molecule has 0 bridgehead atoms. The summed E-state index contributed by atoms with van der Waals surface area (Å²) in [6.45, 7) is 6.85. The third-order valence-electron chi connectivity index (χ3n) is 3.09. The lowest BCUT2D eigenvalue weighted by atomic mass is 9.86. The first-order chi connectivity index (χ1) is 9.38. The van der Waals surface area contributed by atoms with Crippen LogP contribution in [0.15, 0.2) is 34.9 Å². The van der Waals surface area contributed by atoms with E-state index in [-0.39, 0.29) is 10.3 Å². The average molecular weight is 292 g/mol. The molecule has 1 aromatic carbocycles. The average Bonchev–Trinajstić information content (AvgIpc) is 2.82. The van der Waals surface area contributed by atoms with Crippen molar-refractivity contribution in [3.63, 3.8) is 0 Å². The third-order valence-corrected chi connectivity index (χ3v) is 3.29. The minimum absolute atomic E-state index is 0.0425. The maximum atomic E-state index is 10.1. The van der Waals surface area contributed by atoms with Crippen molar-refractivity contribution in [2.45, 2.75) is 32.3 Å². The molecule has 4 nitrogen and oxygen atoms in total. The predicted molar refractivity (Wildman–Crippen MR) is 82.5 cm³/mol. The smallest absolute Gasteiger partial charge is 0.266 e. The van der Waals surface area contributed by atoms with Gasteiger partial charge in [0.15, 0.2) is 5.76 Å². The van der Waals surface area contributed by atoms with Gasteiger partial charge in [-0.3, -0.25) is 0 Å². The second kappa shape index (κ2) is 5.81. The van der Waals surface area contributed by atoms with E-state index in [2.05, 4.69) is 37.1 Å². The molecule has 0 saturated carbocycles. The molecule has 108 valence electrons. The van der Waals surface area contributed by atoms with E-state index in [0.29, 0.717) is 12.3 Å². The van der Waals surface area contributed by atoms with Gasteiger partial charge in [0.1, 0.15) is 6.10 Å². The number of anilines is 1. The zero-order valence-electron chi connectivity index (χ0n) is 11.9.